The summed E-state index contributed by atoms with van der Waals surface area (Å²) in [5, 5.41) is 13.3. The van der Waals surface area contributed by atoms with E-state index < -0.39 is 29.5 Å². The maximum atomic E-state index is 12.3. The van der Waals surface area contributed by atoms with E-state index in [1.54, 1.807) is 12.1 Å². The van der Waals surface area contributed by atoms with E-state index in [0.29, 0.717) is 11.4 Å². The fourth-order valence-corrected chi connectivity index (χ4v) is 2.24. The van der Waals surface area contributed by atoms with Gasteiger partial charge in [0.2, 0.25) is 0 Å². The number of anilines is 1. The van der Waals surface area contributed by atoms with E-state index in [-0.39, 0.29) is 11.4 Å². The Hall–Kier alpha value is -3.62. The van der Waals surface area contributed by atoms with Gasteiger partial charge < -0.3 is 19.5 Å². The molecule has 9 heteroatoms. The molecule has 0 aliphatic heterocycles. The number of ether oxygens (including phenoxy) is 3. The zero-order chi connectivity index (χ0) is 20.7. The van der Waals surface area contributed by atoms with Crippen LogP contribution in [0.5, 0.6) is 11.5 Å². The third-order valence-corrected chi connectivity index (χ3v) is 3.69. The lowest BCUT2D eigenvalue weighted by Gasteiger charge is -2.16. The Morgan fingerprint density at radius 1 is 1.18 bits per heavy atom. The second-order valence-electron chi connectivity index (χ2n) is 5.86. The minimum atomic E-state index is -1.06. The fourth-order valence-electron chi connectivity index (χ4n) is 2.24. The molecule has 28 heavy (non-hydrogen) atoms. The highest BCUT2D eigenvalue weighted by molar-refractivity contribution is 5.96. The highest BCUT2D eigenvalue weighted by atomic mass is 16.6. The lowest BCUT2D eigenvalue weighted by atomic mass is 10.2. The maximum Gasteiger partial charge on any atom is 0.344 e. The Balaban J connectivity index is 1.86. The molecule has 1 N–H and O–H groups in total. The molecule has 0 heterocycles. The molecular formula is C19H20N2O7. The van der Waals surface area contributed by atoms with Crippen molar-refractivity contribution in [2.45, 2.75) is 20.0 Å². The topological polar surface area (TPSA) is 117 Å². The number of nitro groups is 1. The Morgan fingerprint density at radius 3 is 2.46 bits per heavy atom. The number of nitrogens with zero attached hydrogens (tertiary/aromatic N) is 1. The molecule has 0 fully saturated rings. The number of nitro benzene ring substituents is 1. The number of aryl methyl sites for hydroxylation is 1. The summed E-state index contributed by atoms with van der Waals surface area (Å²) in [5.74, 6) is -0.520. The van der Waals surface area contributed by atoms with Gasteiger partial charge in [0.25, 0.3) is 11.6 Å². The Morgan fingerprint density at radius 2 is 1.86 bits per heavy atom. The summed E-state index contributed by atoms with van der Waals surface area (Å²) in [5.41, 5.74) is 1.31. The normalized spacial score (nSPS) is 11.2. The average Bonchev–Trinajstić information content (AvgIpc) is 2.66. The second-order valence-corrected chi connectivity index (χ2v) is 5.86. The number of hydrogen-bond acceptors (Lipinski definition) is 7. The summed E-state index contributed by atoms with van der Waals surface area (Å²) in [7, 11) is 1.49. The fraction of sp³-hybridized carbons (Fsp3) is 0.263. The van der Waals surface area contributed by atoms with Crippen LogP contribution in [0.2, 0.25) is 0 Å². The maximum absolute atomic E-state index is 12.3. The van der Waals surface area contributed by atoms with Gasteiger partial charge in [0.05, 0.1) is 17.7 Å². The van der Waals surface area contributed by atoms with E-state index in [1.807, 2.05) is 13.0 Å². The number of amides is 1. The van der Waals surface area contributed by atoms with Crippen molar-refractivity contribution in [2.75, 3.05) is 19.0 Å². The van der Waals surface area contributed by atoms with Gasteiger partial charge in [0, 0.05) is 12.1 Å². The van der Waals surface area contributed by atoms with Gasteiger partial charge in [-0.2, -0.15) is 0 Å². The molecule has 9 nitrogen and oxygen atoms in total. The van der Waals surface area contributed by atoms with Gasteiger partial charge in [-0.05, 0) is 43.7 Å². The first-order valence-corrected chi connectivity index (χ1v) is 8.32. The van der Waals surface area contributed by atoms with Crippen molar-refractivity contribution < 1.29 is 28.7 Å². The van der Waals surface area contributed by atoms with E-state index in [4.69, 9.17) is 14.2 Å². The van der Waals surface area contributed by atoms with E-state index >= 15 is 0 Å². The number of non-ortho nitro benzene ring substituents is 1. The SMILES string of the molecule is COc1ccc(C)cc1NC(=O)[C@@H](C)OC(=O)COc1ccc([N+](=O)[O-])cc1. The third kappa shape index (κ3) is 5.70. The number of benzene rings is 2. The molecular weight excluding hydrogens is 368 g/mol. The van der Waals surface area contributed by atoms with Gasteiger partial charge in [-0.3, -0.25) is 14.9 Å². The van der Waals surface area contributed by atoms with E-state index in [0.717, 1.165) is 5.56 Å². The molecule has 148 valence electrons. The second kappa shape index (κ2) is 9.36. The standard InChI is InChI=1S/C19H20N2O7/c1-12-4-9-17(26-3)16(10-12)20-19(23)13(2)28-18(22)11-27-15-7-5-14(6-8-15)21(24)25/h4-10,13H,11H2,1-3H3,(H,20,23)/t13-/m1/s1. The lowest BCUT2D eigenvalue weighted by molar-refractivity contribution is -0.384. The van der Waals surface area contributed by atoms with Gasteiger partial charge in [-0.1, -0.05) is 6.07 Å². The van der Waals surface area contributed by atoms with Crippen molar-refractivity contribution in [1.29, 1.82) is 0 Å². The van der Waals surface area contributed by atoms with Crippen LogP contribution in [-0.4, -0.2) is 36.6 Å². The Kier molecular flexibility index (Phi) is 6.91. The van der Waals surface area contributed by atoms with Crippen molar-refractivity contribution in [1.82, 2.24) is 0 Å². The van der Waals surface area contributed by atoms with Crippen LogP contribution in [0.15, 0.2) is 42.5 Å². The molecule has 0 radical (unpaired) electrons. The summed E-state index contributed by atoms with van der Waals surface area (Å²) < 4.78 is 15.4. The molecule has 0 aromatic heterocycles. The molecule has 2 aromatic rings. The zero-order valence-electron chi connectivity index (χ0n) is 15.6. The predicted octanol–water partition coefficient (Wildman–Crippen LogP) is 2.86. The molecule has 0 saturated heterocycles. The first-order valence-electron chi connectivity index (χ1n) is 8.32. The molecule has 2 aromatic carbocycles. The summed E-state index contributed by atoms with van der Waals surface area (Å²) in [6.45, 7) is 2.86. The molecule has 0 saturated carbocycles. The summed E-state index contributed by atoms with van der Waals surface area (Å²) in [6.07, 6.45) is -1.06. The van der Waals surface area contributed by atoms with Gasteiger partial charge in [-0.15, -0.1) is 0 Å². The first-order chi connectivity index (χ1) is 13.3. The smallest absolute Gasteiger partial charge is 0.344 e. The number of carbonyl (C=O) groups excluding carboxylic acids is 2. The molecule has 1 atom stereocenters. The van der Waals surface area contributed by atoms with Crippen molar-refractivity contribution in [3.05, 3.63) is 58.1 Å². The van der Waals surface area contributed by atoms with Crippen LogP contribution in [0.1, 0.15) is 12.5 Å². The summed E-state index contributed by atoms with van der Waals surface area (Å²) in [6, 6.07) is 10.5. The highest BCUT2D eigenvalue weighted by Crippen LogP contribution is 2.25. The number of methoxy groups -OCH3 is 1. The zero-order valence-corrected chi connectivity index (χ0v) is 15.6. The Labute approximate surface area is 161 Å². The van der Waals surface area contributed by atoms with Crippen molar-refractivity contribution in [3.63, 3.8) is 0 Å². The van der Waals surface area contributed by atoms with Gasteiger partial charge in [-0.25, -0.2) is 4.79 Å². The van der Waals surface area contributed by atoms with E-state index in [2.05, 4.69) is 5.32 Å². The minimum absolute atomic E-state index is 0.0909. The molecule has 2 rings (SSSR count). The quantitative estimate of drug-likeness (QED) is 0.420. The van der Waals surface area contributed by atoms with Gasteiger partial charge >= 0.3 is 5.97 Å². The van der Waals surface area contributed by atoms with Gasteiger partial charge in [0.1, 0.15) is 11.5 Å². The molecule has 1 amide bonds. The lowest BCUT2D eigenvalue weighted by Crippen LogP contribution is -2.31. The number of nitrogens with one attached hydrogen (secondary N) is 1. The van der Waals surface area contributed by atoms with Crippen LogP contribution in [-0.2, 0) is 14.3 Å². The first kappa shape index (κ1) is 20.7. The summed E-state index contributed by atoms with van der Waals surface area (Å²) in [4.78, 5) is 34.2. The van der Waals surface area contributed by atoms with Crippen molar-refractivity contribution in [3.8, 4) is 11.5 Å². The average molecular weight is 388 g/mol. The molecule has 0 spiro atoms. The van der Waals surface area contributed by atoms with Crippen molar-refractivity contribution in [2.24, 2.45) is 0 Å². The molecule has 0 unspecified atom stereocenters. The van der Waals surface area contributed by atoms with Crippen LogP contribution in [0.25, 0.3) is 0 Å². The van der Waals surface area contributed by atoms with Crippen LogP contribution in [0.3, 0.4) is 0 Å². The minimum Gasteiger partial charge on any atom is -0.495 e. The van der Waals surface area contributed by atoms with Crippen molar-refractivity contribution >= 4 is 23.3 Å². The van der Waals surface area contributed by atoms with Crippen LogP contribution >= 0.6 is 0 Å². The molecule has 0 aliphatic rings. The van der Waals surface area contributed by atoms with Crippen LogP contribution in [0.4, 0.5) is 11.4 Å². The largest absolute Gasteiger partial charge is 0.495 e. The number of rotatable bonds is 8. The molecule has 0 bridgehead atoms. The highest BCUT2D eigenvalue weighted by Gasteiger charge is 2.19. The predicted molar refractivity (Wildman–Crippen MR) is 101 cm³/mol. The number of esters is 1. The van der Waals surface area contributed by atoms with Crippen LogP contribution < -0.4 is 14.8 Å². The number of carbonyl (C=O) groups is 2. The van der Waals surface area contributed by atoms with Gasteiger partial charge in [0.15, 0.2) is 12.7 Å². The van der Waals surface area contributed by atoms with E-state index in [1.165, 1.54) is 38.3 Å². The third-order valence-electron chi connectivity index (χ3n) is 3.69. The Bertz CT molecular complexity index is 865. The molecule has 0 aliphatic carbocycles. The monoisotopic (exact) mass is 388 g/mol. The van der Waals surface area contributed by atoms with Crippen LogP contribution in [0, 0.1) is 17.0 Å². The summed E-state index contributed by atoms with van der Waals surface area (Å²) >= 11 is 0. The van der Waals surface area contributed by atoms with E-state index in [9.17, 15) is 19.7 Å². The number of hydrogen-bond donors (Lipinski definition) is 1.